The fraction of sp³-hybridized carbons (Fsp3) is 0.632. The number of piperidine rings is 1. The zero-order valence-corrected chi connectivity index (χ0v) is 15.2. The topological polar surface area (TPSA) is 74.3 Å². The molecule has 0 saturated carbocycles. The summed E-state index contributed by atoms with van der Waals surface area (Å²) < 4.78 is 0. The van der Waals surface area contributed by atoms with Gasteiger partial charge in [-0.2, -0.15) is 0 Å². The monoisotopic (exact) mass is 346 g/mol. The van der Waals surface area contributed by atoms with E-state index in [9.17, 15) is 9.59 Å². The van der Waals surface area contributed by atoms with Crippen LogP contribution in [0.5, 0.6) is 0 Å². The van der Waals surface area contributed by atoms with E-state index in [1.165, 1.54) is 5.56 Å². The molecule has 25 heavy (non-hydrogen) atoms. The maximum atomic E-state index is 12.0. The van der Waals surface area contributed by atoms with Crippen LogP contribution in [-0.4, -0.2) is 53.9 Å². The van der Waals surface area contributed by atoms with Crippen LogP contribution in [0.3, 0.4) is 0 Å². The van der Waals surface area contributed by atoms with Gasteiger partial charge in [0, 0.05) is 57.5 Å². The third-order valence-electron chi connectivity index (χ3n) is 4.60. The van der Waals surface area contributed by atoms with Crippen LogP contribution in [0.4, 0.5) is 0 Å². The molecule has 0 aliphatic carbocycles. The molecule has 0 aromatic carbocycles. The van der Waals surface area contributed by atoms with E-state index in [1.807, 2.05) is 19.3 Å². The third kappa shape index (κ3) is 7.65. The molecule has 0 bridgehead atoms. The second-order valence-electron chi connectivity index (χ2n) is 6.60. The largest absolute Gasteiger partial charge is 0.356 e. The first-order chi connectivity index (χ1) is 12.2. The average Bonchev–Trinajstić information content (AvgIpc) is 2.62. The molecule has 1 aliphatic heterocycles. The molecule has 0 spiro atoms. The van der Waals surface area contributed by atoms with Crippen molar-refractivity contribution in [3.8, 4) is 0 Å². The van der Waals surface area contributed by atoms with Gasteiger partial charge < -0.3 is 15.5 Å². The van der Waals surface area contributed by atoms with Gasteiger partial charge in [-0.05, 0) is 50.3 Å². The lowest BCUT2D eigenvalue weighted by atomic mass is 10.0. The minimum Gasteiger partial charge on any atom is -0.356 e. The van der Waals surface area contributed by atoms with Crippen LogP contribution in [-0.2, 0) is 16.0 Å². The standard InChI is InChI=1S/C19H30N4O2/c1-2-21-18(24)4-3-5-19(25)22-17-9-14-23(15-10-17)13-8-16-6-11-20-12-7-16/h6-7,11-12,17H,2-5,8-10,13-15H2,1H3,(H,21,24)(H,22,25). The number of likely N-dealkylation sites (tertiary alicyclic amines) is 1. The molecule has 2 N–H and O–H groups in total. The van der Waals surface area contributed by atoms with E-state index in [0.29, 0.717) is 25.8 Å². The van der Waals surface area contributed by atoms with E-state index >= 15 is 0 Å². The fourth-order valence-corrected chi connectivity index (χ4v) is 3.13. The molecular weight excluding hydrogens is 316 g/mol. The van der Waals surface area contributed by atoms with Gasteiger partial charge in [0.05, 0.1) is 0 Å². The number of carbonyl (C=O) groups excluding carboxylic acids is 2. The molecule has 1 aromatic rings. The zero-order chi connectivity index (χ0) is 17.9. The highest BCUT2D eigenvalue weighted by Gasteiger charge is 2.20. The van der Waals surface area contributed by atoms with Crippen molar-refractivity contribution < 1.29 is 9.59 Å². The van der Waals surface area contributed by atoms with Crippen LogP contribution in [0.15, 0.2) is 24.5 Å². The van der Waals surface area contributed by atoms with Gasteiger partial charge in [-0.1, -0.05) is 0 Å². The van der Waals surface area contributed by atoms with E-state index in [-0.39, 0.29) is 17.9 Å². The lowest BCUT2D eigenvalue weighted by Gasteiger charge is -2.32. The van der Waals surface area contributed by atoms with Gasteiger partial charge in [-0.15, -0.1) is 0 Å². The second-order valence-corrected chi connectivity index (χ2v) is 6.60. The molecule has 1 aliphatic rings. The van der Waals surface area contributed by atoms with Gasteiger partial charge in [-0.25, -0.2) is 0 Å². The summed E-state index contributed by atoms with van der Waals surface area (Å²) in [6.07, 6.45) is 8.18. The highest BCUT2D eigenvalue weighted by atomic mass is 16.2. The second kappa shape index (κ2) is 10.8. The summed E-state index contributed by atoms with van der Waals surface area (Å²) in [6.45, 7) is 5.64. The molecule has 1 fully saturated rings. The molecule has 2 amide bonds. The minimum absolute atomic E-state index is 0.0257. The van der Waals surface area contributed by atoms with E-state index < -0.39 is 0 Å². The number of amides is 2. The number of carbonyl (C=O) groups is 2. The van der Waals surface area contributed by atoms with Crippen molar-refractivity contribution in [1.29, 1.82) is 0 Å². The normalized spacial score (nSPS) is 15.7. The van der Waals surface area contributed by atoms with Crippen molar-refractivity contribution in [3.05, 3.63) is 30.1 Å². The first-order valence-corrected chi connectivity index (χ1v) is 9.34. The first kappa shape index (κ1) is 19.4. The molecule has 0 atom stereocenters. The summed E-state index contributed by atoms with van der Waals surface area (Å²) in [5.41, 5.74) is 1.32. The number of hydrogen-bond donors (Lipinski definition) is 2. The molecule has 1 saturated heterocycles. The maximum Gasteiger partial charge on any atom is 0.220 e. The number of nitrogens with zero attached hydrogens (tertiary/aromatic N) is 2. The van der Waals surface area contributed by atoms with Crippen LogP contribution in [0.1, 0.15) is 44.6 Å². The van der Waals surface area contributed by atoms with Gasteiger partial charge in [0.2, 0.25) is 11.8 Å². The third-order valence-corrected chi connectivity index (χ3v) is 4.60. The van der Waals surface area contributed by atoms with Gasteiger partial charge in [0.1, 0.15) is 0 Å². The Morgan fingerprint density at radius 2 is 1.84 bits per heavy atom. The van der Waals surface area contributed by atoms with Crippen LogP contribution in [0, 0.1) is 0 Å². The van der Waals surface area contributed by atoms with Crippen molar-refractivity contribution in [2.24, 2.45) is 0 Å². The Kier molecular flexibility index (Phi) is 8.39. The lowest BCUT2D eigenvalue weighted by Crippen LogP contribution is -2.45. The predicted octanol–water partition coefficient (Wildman–Crippen LogP) is 1.51. The van der Waals surface area contributed by atoms with E-state index in [2.05, 4.69) is 32.7 Å². The molecular formula is C19H30N4O2. The molecule has 138 valence electrons. The van der Waals surface area contributed by atoms with Gasteiger partial charge in [0.15, 0.2) is 0 Å². The average molecular weight is 346 g/mol. The maximum absolute atomic E-state index is 12.0. The zero-order valence-electron chi connectivity index (χ0n) is 15.2. The van der Waals surface area contributed by atoms with Crippen molar-refractivity contribution >= 4 is 11.8 Å². The molecule has 1 aromatic heterocycles. The quantitative estimate of drug-likeness (QED) is 0.711. The smallest absolute Gasteiger partial charge is 0.220 e. The Bertz CT molecular complexity index is 527. The molecule has 2 heterocycles. The Labute approximate surface area is 150 Å². The van der Waals surface area contributed by atoms with Crippen molar-refractivity contribution in [2.45, 2.75) is 51.5 Å². The van der Waals surface area contributed by atoms with Crippen LogP contribution >= 0.6 is 0 Å². The van der Waals surface area contributed by atoms with E-state index in [1.54, 1.807) is 0 Å². The van der Waals surface area contributed by atoms with Gasteiger partial charge >= 0.3 is 0 Å². The highest BCUT2D eigenvalue weighted by Crippen LogP contribution is 2.12. The molecule has 6 heteroatoms. The Hall–Kier alpha value is -1.95. The Balaban J connectivity index is 1.57. The SMILES string of the molecule is CCNC(=O)CCCC(=O)NC1CCN(CCc2ccncc2)CC1. The molecule has 0 unspecified atom stereocenters. The number of pyridine rings is 1. The van der Waals surface area contributed by atoms with E-state index in [4.69, 9.17) is 0 Å². The molecule has 2 rings (SSSR count). The Morgan fingerprint density at radius 1 is 1.16 bits per heavy atom. The number of nitrogens with one attached hydrogen (secondary N) is 2. The molecule has 0 radical (unpaired) electrons. The summed E-state index contributed by atoms with van der Waals surface area (Å²) in [7, 11) is 0. The van der Waals surface area contributed by atoms with Crippen LogP contribution in [0.2, 0.25) is 0 Å². The van der Waals surface area contributed by atoms with Crippen LogP contribution in [0.25, 0.3) is 0 Å². The summed E-state index contributed by atoms with van der Waals surface area (Å²) in [5, 5.41) is 5.86. The van der Waals surface area contributed by atoms with Gasteiger partial charge in [0.25, 0.3) is 0 Å². The van der Waals surface area contributed by atoms with Crippen molar-refractivity contribution in [2.75, 3.05) is 26.2 Å². The van der Waals surface area contributed by atoms with Crippen molar-refractivity contribution in [1.82, 2.24) is 20.5 Å². The number of rotatable bonds is 9. The summed E-state index contributed by atoms with van der Waals surface area (Å²) in [4.78, 5) is 29.8. The number of hydrogen-bond acceptors (Lipinski definition) is 4. The summed E-state index contributed by atoms with van der Waals surface area (Å²) in [6, 6.07) is 4.40. The van der Waals surface area contributed by atoms with Gasteiger partial charge in [-0.3, -0.25) is 14.6 Å². The van der Waals surface area contributed by atoms with E-state index in [0.717, 1.165) is 38.9 Å². The lowest BCUT2D eigenvalue weighted by molar-refractivity contribution is -0.123. The summed E-state index contributed by atoms with van der Waals surface area (Å²) in [5.74, 6) is 0.0948. The Morgan fingerprint density at radius 3 is 2.52 bits per heavy atom. The first-order valence-electron chi connectivity index (χ1n) is 9.34. The predicted molar refractivity (Wildman–Crippen MR) is 98.1 cm³/mol. The minimum atomic E-state index is 0.0257. The van der Waals surface area contributed by atoms with Crippen molar-refractivity contribution in [3.63, 3.8) is 0 Å². The fourth-order valence-electron chi connectivity index (χ4n) is 3.13. The summed E-state index contributed by atoms with van der Waals surface area (Å²) >= 11 is 0. The number of aromatic nitrogens is 1. The highest BCUT2D eigenvalue weighted by molar-refractivity contribution is 5.78. The molecule has 6 nitrogen and oxygen atoms in total. The van der Waals surface area contributed by atoms with Crippen LogP contribution < -0.4 is 10.6 Å².